The summed E-state index contributed by atoms with van der Waals surface area (Å²) in [5.41, 5.74) is 0. The summed E-state index contributed by atoms with van der Waals surface area (Å²) in [4.78, 5) is 2.69. The van der Waals surface area contributed by atoms with Gasteiger partial charge in [-0.05, 0) is 45.2 Å². The van der Waals surface area contributed by atoms with Crippen LogP contribution in [0.15, 0.2) is 0 Å². The maximum Gasteiger partial charge on any atom is 0.0621 e. The van der Waals surface area contributed by atoms with Gasteiger partial charge in [0.2, 0.25) is 0 Å². The Morgan fingerprint density at radius 2 is 2.24 bits per heavy atom. The number of nitrogens with one attached hydrogen (secondary N) is 1. The third-order valence-corrected chi connectivity index (χ3v) is 4.07. The molecule has 0 amide bonds. The molecule has 0 spiro atoms. The zero-order valence-electron chi connectivity index (χ0n) is 11.3. The summed E-state index contributed by atoms with van der Waals surface area (Å²) in [5.74, 6) is 0. The number of ether oxygens (including phenoxy) is 1. The first-order chi connectivity index (χ1) is 8.40. The van der Waals surface area contributed by atoms with Gasteiger partial charge in [-0.3, -0.25) is 4.90 Å². The summed E-state index contributed by atoms with van der Waals surface area (Å²) < 4.78 is 5.65. The van der Waals surface area contributed by atoms with Crippen LogP contribution in [-0.2, 0) is 4.74 Å². The smallest absolute Gasteiger partial charge is 0.0621 e. The molecule has 0 aromatic rings. The first-order valence-corrected chi connectivity index (χ1v) is 7.45. The molecule has 2 aliphatic heterocycles. The van der Waals surface area contributed by atoms with E-state index in [0.29, 0.717) is 6.04 Å². The molecule has 0 bridgehead atoms. The van der Waals surface area contributed by atoms with E-state index in [-0.39, 0.29) is 0 Å². The van der Waals surface area contributed by atoms with Crippen molar-refractivity contribution >= 4 is 0 Å². The van der Waals surface area contributed by atoms with Gasteiger partial charge in [0.25, 0.3) is 0 Å². The zero-order valence-corrected chi connectivity index (χ0v) is 11.3. The molecule has 0 aromatic carbocycles. The highest BCUT2D eigenvalue weighted by atomic mass is 16.5. The average molecular weight is 240 g/mol. The van der Waals surface area contributed by atoms with E-state index in [4.69, 9.17) is 4.74 Å². The Morgan fingerprint density at radius 1 is 1.29 bits per heavy atom. The van der Waals surface area contributed by atoms with Crippen molar-refractivity contribution in [2.75, 3.05) is 32.8 Å². The first-order valence-electron chi connectivity index (χ1n) is 7.45. The zero-order chi connectivity index (χ0) is 11.9. The Morgan fingerprint density at radius 3 is 2.88 bits per heavy atom. The minimum Gasteiger partial charge on any atom is -0.380 e. The first kappa shape index (κ1) is 13.3. The lowest BCUT2D eigenvalue weighted by molar-refractivity contribution is 0.0145. The monoisotopic (exact) mass is 240 g/mol. The lowest BCUT2D eigenvalue weighted by Crippen LogP contribution is -2.47. The van der Waals surface area contributed by atoms with Crippen LogP contribution in [0.4, 0.5) is 0 Å². The molecule has 2 rings (SSSR count). The number of hydrogen-bond donors (Lipinski definition) is 1. The fraction of sp³-hybridized carbons (Fsp3) is 1.00. The molecule has 100 valence electrons. The van der Waals surface area contributed by atoms with E-state index in [1.165, 1.54) is 58.2 Å². The van der Waals surface area contributed by atoms with Crippen LogP contribution < -0.4 is 5.32 Å². The van der Waals surface area contributed by atoms with Crippen LogP contribution in [0.25, 0.3) is 0 Å². The SMILES string of the molecule is CCCCN(CC1CCCN1)C1CCCOC1. The summed E-state index contributed by atoms with van der Waals surface area (Å²) in [7, 11) is 0. The third-order valence-electron chi connectivity index (χ3n) is 4.07. The summed E-state index contributed by atoms with van der Waals surface area (Å²) in [5, 5.41) is 3.62. The van der Waals surface area contributed by atoms with Gasteiger partial charge >= 0.3 is 0 Å². The Bertz CT molecular complexity index is 198. The molecule has 2 aliphatic rings. The number of unbranched alkanes of at least 4 members (excludes halogenated alkanes) is 1. The van der Waals surface area contributed by atoms with Gasteiger partial charge in [0.15, 0.2) is 0 Å². The van der Waals surface area contributed by atoms with Crippen molar-refractivity contribution in [1.29, 1.82) is 0 Å². The fourth-order valence-electron chi connectivity index (χ4n) is 2.99. The molecule has 2 atom stereocenters. The fourth-order valence-corrected chi connectivity index (χ4v) is 2.99. The van der Waals surface area contributed by atoms with Gasteiger partial charge in [-0.2, -0.15) is 0 Å². The highest BCUT2D eigenvalue weighted by Gasteiger charge is 2.25. The lowest BCUT2D eigenvalue weighted by Gasteiger charge is -2.35. The van der Waals surface area contributed by atoms with Crippen LogP contribution >= 0.6 is 0 Å². The van der Waals surface area contributed by atoms with Crippen LogP contribution in [0.1, 0.15) is 45.4 Å². The maximum atomic E-state index is 5.65. The molecular formula is C14H28N2O. The summed E-state index contributed by atoms with van der Waals surface area (Å²) in [6, 6.07) is 1.41. The normalized spacial score (nSPS) is 30.0. The van der Waals surface area contributed by atoms with Crippen LogP contribution in [0.3, 0.4) is 0 Å². The largest absolute Gasteiger partial charge is 0.380 e. The van der Waals surface area contributed by atoms with E-state index < -0.39 is 0 Å². The second-order valence-electron chi connectivity index (χ2n) is 5.51. The van der Waals surface area contributed by atoms with Gasteiger partial charge in [-0.15, -0.1) is 0 Å². The van der Waals surface area contributed by atoms with Crippen LogP contribution in [0, 0.1) is 0 Å². The van der Waals surface area contributed by atoms with Crippen molar-refractivity contribution in [3.8, 4) is 0 Å². The van der Waals surface area contributed by atoms with Gasteiger partial charge in [0.1, 0.15) is 0 Å². The van der Waals surface area contributed by atoms with Gasteiger partial charge in [-0.1, -0.05) is 13.3 Å². The van der Waals surface area contributed by atoms with Crippen LogP contribution in [0.2, 0.25) is 0 Å². The van der Waals surface area contributed by atoms with Gasteiger partial charge in [-0.25, -0.2) is 0 Å². The molecule has 0 aliphatic carbocycles. The quantitative estimate of drug-likeness (QED) is 0.769. The summed E-state index contributed by atoms with van der Waals surface area (Å²) in [6.07, 6.45) is 7.90. The van der Waals surface area contributed by atoms with E-state index >= 15 is 0 Å². The Labute approximate surface area is 106 Å². The van der Waals surface area contributed by atoms with Crippen molar-refractivity contribution in [3.63, 3.8) is 0 Å². The van der Waals surface area contributed by atoms with E-state index in [1.807, 2.05) is 0 Å². The summed E-state index contributed by atoms with van der Waals surface area (Å²) in [6.45, 7) is 7.91. The Hall–Kier alpha value is -0.120. The van der Waals surface area contributed by atoms with E-state index in [2.05, 4.69) is 17.1 Å². The molecule has 2 fully saturated rings. The van der Waals surface area contributed by atoms with Crippen molar-refractivity contribution < 1.29 is 4.74 Å². The van der Waals surface area contributed by atoms with E-state index in [1.54, 1.807) is 0 Å². The second-order valence-corrected chi connectivity index (χ2v) is 5.51. The number of nitrogens with zero attached hydrogens (tertiary/aromatic N) is 1. The predicted molar refractivity (Wildman–Crippen MR) is 71.3 cm³/mol. The minimum atomic E-state index is 0.678. The molecule has 2 heterocycles. The topological polar surface area (TPSA) is 24.5 Å². The molecule has 2 saturated heterocycles. The predicted octanol–water partition coefficient (Wildman–Crippen LogP) is 2.02. The van der Waals surface area contributed by atoms with Crippen molar-refractivity contribution in [2.45, 2.75) is 57.5 Å². The van der Waals surface area contributed by atoms with Crippen molar-refractivity contribution in [1.82, 2.24) is 10.2 Å². The molecule has 1 N–H and O–H groups in total. The average Bonchev–Trinajstić information content (AvgIpc) is 2.88. The van der Waals surface area contributed by atoms with Crippen LogP contribution in [0.5, 0.6) is 0 Å². The highest BCUT2D eigenvalue weighted by molar-refractivity contribution is 4.82. The van der Waals surface area contributed by atoms with Crippen molar-refractivity contribution in [2.24, 2.45) is 0 Å². The number of hydrogen-bond acceptors (Lipinski definition) is 3. The van der Waals surface area contributed by atoms with Gasteiger partial charge < -0.3 is 10.1 Å². The Kier molecular flexibility index (Phi) is 5.75. The van der Waals surface area contributed by atoms with Crippen LogP contribution in [-0.4, -0.2) is 49.8 Å². The molecule has 17 heavy (non-hydrogen) atoms. The lowest BCUT2D eigenvalue weighted by atomic mass is 10.1. The maximum absolute atomic E-state index is 5.65. The molecule has 0 saturated carbocycles. The third kappa shape index (κ3) is 4.23. The molecular weight excluding hydrogens is 212 g/mol. The second kappa shape index (κ2) is 7.34. The molecule has 0 radical (unpaired) electrons. The molecule has 0 aromatic heterocycles. The van der Waals surface area contributed by atoms with Crippen molar-refractivity contribution in [3.05, 3.63) is 0 Å². The van der Waals surface area contributed by atoms with Gasteiger partial charge in [0, 0.05) is 25.2 Å². The summed E-state index contributed by atoms with van der Waals surface area (Å²) >= 11 is 0. The Balaban J connectivity index is 1.81. The highest BCUT2D eigenvalue weighted by Crippen LogP contribution is 2.17. The number of rotatable bonds is 6. The molecule has 2 unspecified atom stereocenters. The minimum absolute atomic E-state index is 0.678. The van der Waals surface area contributed by atoms with Gasteiger partial charge in [0.05, 0.1) is 6.61 Å². The van der Waals surface area contributed by atoms with E-state index in [9.17, 15) is 0 Å². The van der Waals surface area contributed by atoms with E-state index in [0.717, 1.165) is 19.3 Å². The standard InChI is InChI=1S/C14H28N2O/c1-2-3-9-16(11-13-6-4-8-15-13)14-7-5-10-17-12-14/h13-15H,2-12H2,1H3. The molecule has 3 nitrogen and oxygen atoms in total. The molecule has 3 heteroatoms.